The number of aromatic nitrogens is 2. The second-order valence-corrected chi connectivity index (χ2v) is 11.6. The van der Waals surface area contributed by atoms with Crippen molar-refractivity contribution >= 4 is 37.9 Å². The van der Waals surface area contributed by atoms with E-state index in [9.17, 15) is 13.2 Å². The van der Waals surface area contributed by atoms with Crippen LogP contribution in [0.2, 0.25) is 0 Å². The molecule has 4 aromatic rings. The summed E-state index contributed by atoms with van der Waals surface area (Å²) in [5, 5.41) is 4.96. The molecule has 2 aromatic carbocycles. The lowest BCUT2D eigenvalue weighted by Crippen LogP contribution is -2.41. The fourth-order valence-electron chi connectivity index (χ4n) is 4.53. The molecule has 11 heteroatoms. The molecule has 0 spiro atoms. The summed E-state index contributed by atoms with van der Waals surface area (Å²) in [6.07, 6.45) is 4.86. The van der Waals surface area contributed by atoms with Crippen molar-refractivity contribution in [1.29, 1.82) is 0 Å². The molecule has 1 amide bonds. The number of sulfonamides is 1. The number of piperidine rings is 1. The number of hydrogen-bond acceptors (Lipinski definition) is 7. The van der Waals surface area contributed by atoms with Crippen LogP contribution in [0.15, 0.2) is 65.1 Å². The summed E-state index contributed by atoms with van der Waals surface area (Å²) in [4.78, 5) is 18.6. The largest absolute Gasteiger partial charge is 0.486 e. The van der Waals surface area contributed by atoms with E-state index >= 15 is 0 Å². The first-order valence-electron chi connectivity index (χ1n) is 11.7. The predicted molar refractivity (Wildman–Crippen MR) is 136 cm³/mol. The Morgan fingerprint density at radius 1 is 1.03 bits per heavy atom. The molecule has 1 fully saturated rings. The summed E-state index contributed by atoms with van der Waals surface area (Å²) in [6, 6.07) is 12.3. The third-order valence-electron chi connectivity index (χ3n) is 6.52. The van der Waals surface area contributed by atoms with Gasteiger partial charge < -0.3 is 14.8 Å². The van der Waals surface area contributed by atoms with Crippen LogP contribution in [-0.4, -0.2) is 54.3 Å². The number of nitrogens with zero attached hydrogens (tertiary/aromatic N) is 3. The van der Waals surface area contributed by atoms with Crippen molar-refractivity contribution in [3.8, 4) is 22.8 Å². The van der Waals surface area contributed by atoms with Gasteiger partial charge in [0.15, 0.2) is 16.5 Å². The Labute approximate surface area is 212 Å². The molecule has 1 saturated heterocycles. The Morgan fingerprint density at radius 2 is 1.78 bits per heavy atom. The minimum Gasteiger partial charge on any atom is -0.486 e. The van der Waals surface area contributed by atoms with E-state index in [2.05, 4.69) is 10.3 Å². The van der Waals surface area contributed by atoms with Gasteiger partial charge in [-0.2, -0.15) is 4.31 Å². The third kappa shape index (κ3) is 4.34. The van der Waals surface area contributed by atoms with E-state index in [-0.39, 0.29) is 29.8 Å². The summed E-state index contributed by atoms with van der Waals surface area (Å²) in [5.74, 6) is 0.640. The second kappa shape index (κ2) is 9.23. The molecule has 0 aliphatic carbocycles. The minimum absolute atomic E-state index is 0.0957. The fourth-order valence-corrected chi connectivity index (χ4v) is 6.71. The molecule has 9 nitrogen and oxygen atoms in total. The van der Waals surface area contributed by atoms with Crippen LogP contribution in [-0.2, 0) is 14.8 Å². The molecule has 0 bridgehead atoms. The van der Waals surface area contributed by atoms with Gasteiger partial charge >= 0.3 is 0 Å². The van der Waals surface area contributed by atoms with E-state index in [1.807, 2.05) is 46.4 Å². The molecule has 0 atom stereocenters. The van der Waals surface area contributed by atoms with Gasteiger partial charge in [-0.3, -0.25) is 9.20 Å². The van der Waals surface area contributed by atoms with Crippen molar-refractivity contribution in [1.82, 2.24) is 13.7 Å². The molecular formula is C25H24N4O5S2. The number of imidazole rings is 1. The first kappa shape index (κ1) is 23.0. The number of carbonyl (C=O) groups excluding carboxylic acids is 1. The Bertz CT molecular complexity index is 1490. The van der Waals surface area contributed by atoms with E-state index in [0.717, 1.165) is 16.2 Å². The van der Waals surface area contributed by atoms with E-state index in [0.29, 0.717) is 43.2 Å². The molecule has 2 aliphatic heterocycles. The smallest absolute Gasteiger partial charge is 0.243 e. The summed E-state index contributed by atoms with van der Waals surface area (Å²) in [5.41, 5.74) is 2.56. The quantitative estimate of drug-likeness (QED) is 0.425. The fraction of sp³-hybridized carbons (Fsp3) is 0.280. The highest BCUT2D eigenvalue weighted by molar-refractivity contribution is 7.89. The number of hydrogen-bond donors (Lipinski definition) is 1. The average molecular weight is 525 g/mol. The lowest BCUT2D eigenvalue weighted by atomic mass is 9.97. The monoisotopic (exact) mass is 524 g/mol. The average Bonchev–Trinajstić information content (AvgIpc) is 3.52. The zero-order chi connectivity index (χ0) is 24.7. The number of nitrogens with one attached hydrogen (secondary N) is 1. The van der Waals surface area contributed by atoms with Gasteiger partial charge in [0.1, 0.15) is 13.2 Å². The number of anilines is 1. The number of carbonyl (C=O) groups is 1. The number of rotatable bonds is 5. The normalized spacial score (nSPS) is 16.8. The molecule has 0 saturated carbocycles. The third-order valence-corrected chi connectivity index (χ3v) is 9.18. The van der Waals surface area contributed by atoms with Gasteiger partial charge in [0, 0.05) is 54.1 Å². The standard InChI is InChI=1S/C25H24N4O5S2/c30-24(26-19-3-1-17(2-4-19)21-16-28-11-14-35-25(28)27-21)18-7-9-29(10-8-18)36(31,32)20-5-6-22-23(15-20)34-13-12-33-22/h1-6,11,14-16,18H,7-10,12-13H2,(H,26,30). The number of fused-ring (bicyclic) bond motifs is 2. The molecule has 6 rings (SSSR count). The Kier molecular flexibility index (Phi) is 5.90. The maximum Gasteiger partial charge on any atom is 0.243 e. The van der Waals surface area contributed by atoms with E-state index in [4.69, 9.17) is 9.47 Å². The van der Waals surface area contributed by atoms with Gasteiger partial charge in [0.2, 0.25) is 15.9 Å². The van der Waals surface area contributed by atoms with Crippen LogP contribution in [0.4, 0.5) is 5.69 Å². The number of thiazole rings is 1. The Balaban J connectivity index is 1.07. The highest BCUT2D eigenvalue weighted by Crippen LogP contribution is 2.34. The molecule has 0 radical (unpaired) electrons. The van der Waals surface area contributed by atoms with Crippen LogP contribution in [0.5, 0.6) is 11.5 Å². The van der Waals surface area contributed by atoms with Crippen molar-refractivity contribution < 1.29 is 22.7 Å². The van der Waals surface area contributed by atoms with E-state index in [1.165, 1.54) is 16.4 Å². The van der Waals surface area contributed by atoms with Gasteiger partial charge in [-0.25, -0.2) is 13.4 Å². The summed E-state index contributed by atoms with van der Waals surface area (Å²) < 4.78 is 40.7. The molecule has 36 heavy (non-hydrogen) atoms. The highest BCUT2D eigenvalue weighted by Gasteiger charge is 2.33. The molecule has 4 heterocycles. The molecule has 2 aliphatic rings. The number of benzene rings is 2. The Morgan fingerprint density at radius 3 is 2.53 bits per heavy atom. The first-order valence-corrected chi connectivity index (χ1v) is 14.0. The molecule has 186 valence electrons. The van der Waals surface area contributed by atoms with Crippen LogP contribution in [0.25, 0.3) is 16.2 Å². The first-order chi connectivity index (χ1) is 17.5. The lowest BCUT2D eigenvalue weighted by molar-refractivity contribution is -0.120. The highest BCUT2D eigenvalue weighted by atomic mass is 32.2. The van der Waals surface area contributed by atoms with Gasteiger partial charge in [-0.05, 0) is 37.1 Å². The SMILES string of the molecule is O=C(Nc1ccc(-c2cn3ccsc3n2)cc1)C1CCN(S(=O)(=O)c2ccc3c(c2)OCCO3)CC1. The zero-order valence-corrected chi connectivity index (χ0v) is 20.9. The van der Waals surface area contributed by atoms with Crippen LogP contribution in [0.3, 0.4) is 0 Å². The van der Waals surface area contributed by atoms with Crippen molar-refractivity contribution in [2.45, 2.75) is 17.7 Å². The van der Waals surface area contributed by atoms with Crippen molar-refractivity contribution in [2.24, 2.45) is 5.92 Å². The van der Waals surface area contributed by atoms with Crippen molar-refractivity contribution in [3.63, 3.8) is 0 Å². The van der Waals surface area contributed by atoms with Crippen LogP contribution in [0.1, 0.15) is 12.8 Å². The van der Waals surface area contributed by atoms with Gasteiger partial charge in [0.05, 0.1) is 10.6 Å². The van der Waals surface area contributed by atoms with Crippen LogP contribution in [0, 0.1) is 5.92 Å². The topological polar surface area (TPSA) is 102 Å². The molecular weight excluding hydrogens is 500 g/mol. The molecule has 1 N–H and O–H groups in total. The number of ether oxygens (including phenoxy) is 2. The number of amides is 1. The Hall–Kier alpha value is -3.41. The maximum absolute atomic E-state index is 13.2. The molecule has 0 unspecified atom stereocenters. The zero-order valence-electron chi connectivity index (χ0n) is 19.3. The van der Waals surface area contributed by atoms with Crippen LogP contribution >= 0.6 is 11.3 Å². The minimum atomic E-state index is -3.68. The summed E-state index contributed by atoms with van der Waals surface area (Å²) >= 11 is 1.58. The van der Waals surface area contributed by atoms with Crippen molar-refractivity contribution in [3.05, 3.63) is 60.2 Å². The van der Waals surface area contributed by atoms with Gasteiger partial charge in [-0.1, -0.05) is 12.1 Å². The van der Waals surface area contributed by atoms with Gasteiger partial charge in [0.25, 0.3) is 0 Å². The summed E-state index contributed by atoms with van der Waals surface area (Å²) in [6.45, 7) is 1.40. The lowest BCUT2D eigenvalue weighted by Gasteiger charge is -2.30. The van der Waals surface area contributed by atoms with Crippen molar-refractivity contribution in [2.75, 3.05) is 31.6 Å². The van der Waals surface area contributed by atoms with E-state index in [1.54, 1.807) is 17.4 Å². The van der Waals surface area contributed by atoms with Gasteiger partial charge in [-0.15, -0.1) is 11.3 Å². The summed E-state index contributed by atoms with van der Waals surface area (Å²) in [7, 11) is -3.68. The van der Waals surface area contributed by atoms with Crippen LogP contribution < -0.4 is 14.8 Å². The predicted octanol–water partition coefficient (Wildman–Crippen LogP) is 3.87. The second-order valence-electron chi connectivity index (χ2n) is 8.77. The molecule has 2 aromatic heterocycles. The van der Waals surface area contributed by atoms with E-state index < -0.39 is 10.0 Å². The maximum atomic E-state index is 13.2.